The van der Waals surface area contributed by atoms with Crippen LogP contribution in [0.3, 0.4) is 0 Å². The Labute approximate surface area is 165 Å². The highest BCUT2D eigenvalue weighted by Crippen LogP contribution is 2.26. The second-order valence-electron chi connectivity index (χ2n) is 7.27. The van der Waals surface area contributed by atoms with Crippen LogP contribution in [0.4, 0.5) is 0 Å². The van der Waals surface area contributed by atoms with Gasteiger partial charge in [-0.05, 0) is 30.5 Å². The lowest BCUT2D eigenvalue weighted by Crippen LogP contribution is -2.41. The van der Waals surface area contributed by atoms with Crippen LogP contribution in [-0.2, 0) is 24.3 Å². The number of carbonyl (C=O) groups is 1. The molecule has 1 aliphatic rings. The minimum atomic E-state index is 0.157. The molecule has 146 valence electrons. The Morgan fingerprint density at radius 2 is 1.89 bits per heavy atom. The molecular formula is C21H26N6O. The summed E-state index contributed by atoms with van der Waals surface area (Å²) in [5.74, 6) is 2.44. The molecule has 3 aromatic rings. The predicted molar refractivity (Wildman–Crippen MR) is 106 cm³/mol. The molecule has 7 nitrogen and oxygen atoms in total. The van der Waals surface area contributed by atoms with Crippen LogP contribution in [0.1, 0.15) is 42.9 Å². The monoisotopic (exact) mass is 378 g/mol. The van der Waals surface area contributed by atoms with Gasteiger partial charge in [-0.1, -0.05) is 6.92 Å². The molecule has 1 saturated heterocycles. The number of nitrogens with zero attached hydrogens (tertiary/aromatic N) is 6. The normalized spacial score (nSPS) is 17.0. The van der Waals surface area contributed by atoms with E-state index in [4.69, 9.17) is 0 Å². The zero-order chi connectivity index (χ0) is 19.3. The van der Waals surface area contributed by atoms with Gasteiger partial charge in [-0.25, -0.2) is 9.97 Å². The number of likely N-dealkylation sites (tertiary alicyclic amines) is 1. The average Bonchev–Trinajstić information content (AvgIpc) is 3.38. The molecule has 0 N–H and O–H groups in total. The van der Waals surface area contributed by atoms with E-state index in [-0.39, 0.29) is 11.8 Å². The first-order valence-electron chi connectivity index (χ1n) is 9.92. The minimum Gasteiger partial charge on any atom is -0.340 e. The Morgan fingerprint density at radius 1 is 1.11 bits per heavy atom. The minimum absolute atomic E-state index is 0.157. The lowest BCUT2D eigenvalue weighted by Gasteiger charge is -2.33. The van der Waals surface area contributed by atoms with E-state index in [1.807, 2.05) is 52.6 Å². The SMILES string of the molecule is CCc1nccn1CC(=O)N1CCCC(c2nccn2Cc2ccncc2)C1. The highest BCUT2D eigenvalue weighted by molar-refractivity contribution is 5.76. The maximum Gasteiger partial charge on any atom is 0.242 e. The highest BCUT2D eigenvalue weighted by Gasteiger charge is 2.27. The van der Waals surface area contributed by atoms with Crippen LogP contribution in [0.15, 0.2) is 49.3 Å². The lowest BCUT2D eigenvalue weighted by atomic mass is 9.97. The molecule has 7 heteroatoms. The van der Waals surface area contributed by atoms with E-state index < -0.39 is 0 Å². The second-order valence-corrected chi connectivity index (χ2v) is 7.27. The molecule has 1 atom stereocenters. The standard InChI is InChI=1S/C21H26N6O/c1-2-19-23-9-12-25(19)16-20(28)26-11-3-4-18(15-26)21-24-10-13-27(21)14-17-5-7-22-8-6-17/h5-10,12-13,18H,2-4,11,14-16H2,1H3. The van der Waals surface area contributed by atoms with Gasteiger partial charge < -0.3 is 14.0 Å². The highest BCUT2D eigenvalue weighted by atomic mass is 16.2. The van der Waals surface area contributed by atoms with Gasteiger partial charge in [-0.3, -0.25) is 9.78 Å². The number of amides is 1. The van der Waals surface area contributed by atoms with Crippen molar-refractivity contribution >= 4 is 5.91 Å². The Kier molecular flexibility index (Phi) is 5.50. The third-order valence-corrected chi connectivity index (χ3v) is 5.41. The molecule has 1 amide bonds. The van der Waals surface area contributed by atoms with E-state index in [0.29, 0.717) is 6.54 Å². The number of aromatic nitrogens is 5. The molecule has 0 saturated carbocycles. The Balaban J connectivity index is 1.44. The van der Waals surface area contributed by atoms with Gasteiger partial charge in [0, 0.05) is 69.2 Å². The van der Waals surface area contributed by atoms with E-state index in [9.17, 15) is 4.79 Å². The first-order chi connectivity index (χ1) is 13.7. The average molecular weight is 378 g/mol. The van der Waals surface area contributed by atoms with Crippen LogP contribution in [0.2, 0.25) is 0 Å². The van der Waals surface area contributed by atoms with Crippen molar-refractivity contribution in [1.82, 2.24) is 29.0 Å². The molecule has 0 spiro atoms. The summed E-state index contributed by atoms with van der Waals surface area (Å²) in [6.07, 6.45) is 14.1. The lowest BCUT2D eigenvalue weighted by molar-refractivity contribution is -0.133. The molecule has 3 aromatic heterocycles. The smallest absolute Gasteiger partial charge is 0.242 e. The van der Waals surface area contributed by atoms with Gasteiger partial charge in [0.1, 0.15) is 18.2 Å². The van der Waals surface area contributed by atoms with Crippen LogP contribution in [0, 0.1) is 0 Å². The van der Waals surface area contributed by atoms with Crippen LogP contribution in [-0.4, -0.2) is 48.0 Å². The molecule has 1 unspecified atom stereocenters. The molecule has 1 fully saturated rings. The Morgan fingerprint density at radius 3 is 2.71 bits per heavy atom. The number of hydrogen-bond acceptors (Lipinski definition) is 4. The van der Waals surface area contributed by atoms with Gasteiger partial charge in [0.15, 0.2) is 0 Å². The van der Waals surface area contributed by atoms with Crippen molar-refractivity contribution < 1.29 is 4.79 Å². The van der Waals surface area contributed by atoms with Crippen molar-refractivity contribution in [1.29, 1.82) is 0 Å². The van der Waals surface area contributed by atoms with Crippen molar-refractivity contribution in [3.8, 4) is 0 Å². The first kappa shape index (κ1) is 18.4. The fourth-order valence-corrected chi connectivity index (χ4v) is 3.96. The van der Waals surface area contributed by atoms with E-state index in [1.54, 1.807) is 6.20 Å². The Hall–Kier alpha value is -2.96. The summed E-state index contributed by atoms with van der Waals surface area (Å²) in [5, 5.41) is 0. The van der Waals surface area contributed by atoms with Crippen LogP contribution in [0.5, 0.6) is 0 Å². The zero-order valence-corrected chi connectivity index (χ0v) is 16.2. The van der Waals surface area contributed by atoms with Crippen LogP contribution >= 0.6 is 0 Å². The van der Waals surface area contributed by atoms with Crippen LogP contribution < -0.4 is 0 Å². The molecule has 0 aliphatic carbocycles. The third kappa shape index (κ3) is 3.98. The fourth-order valence-electron chi connectivity index (χ4n) is 3.96. The second kappa shape index (κ2) is 8.37. The number of piperidine rings is 1. The zero-order valence-electron chi connectivity index (χ0n) is 16.2. The molecule has 4 rings (SSSR count). The summed E-state index contributed by atoms with van der Waals surface area (Å²) in [7, 11) is 0. The van der Waals surface area contributed by atoms with Gasteiger partial charge in [0.25, 0.3) is 0 Å². The number of imidazole rings is 2. The molecular weight excluding hydrogens is 352 g/mol. The molecule has 4 heterocycles. The van der Waals surface area contributed by atoms with Gasteiger partial charge in [-0.2, -0.15) is 0 Å². The van der Waals surface area contributed by atoms with Gasteiger partial charge in [-0.15, -0.1) is 0 Å². The quantitative estimate of drug-likeness (QED) is 0.661. The van der Waals surface area contributed by atoms with Crippen molar-refractivity contribution in [2.45, 2.75) is 45.2 Å². The summed E-state index contributed by atoms with van der Waals surface area (Å²) < 4.78 is 4.15. The topological polar surface area (TPSA) is 68.8 Å². The van der Waals surface area contributed by atoms with Gasteiger partial charge in [0.2, 0.25) is 5.91 Å². The maximum absolute atomic E-state index is 12.9. The molecule has 0 aromatic carbocycles. The van der Waals surface area contributed by atoms with Crippen molar-refractivity contribution in [2.75, 3.05) is 13.1 Å². The molecule has 0 bridgehead atoms. The summed E-state index contributed by atoms with van der Waals surface area (Å²) in [6, 6.07) is 4.05. The van der Waals surface area contributed by atoms with Crippen molar-refractivity contribution in [3.05, 3.63) is 66.5 Å². The Bertz CT molecular complexity index is 916. The summed E-state index contributed by atoms with van der Waals surface area (Å²) in [4.78, 5) is 27.9. The number of carbonyl (C=O) groups excluding carboxylic acids is 1. The van der Waals surface area contributed by atoms with E-state index >= 15 is 0 Å². The fraction of sp³-hybridized carbons (Fsp3) is 0.429. The summed E-state index contributed by atoms with van der Waals surface area (Å²) >= 11 is 0. The molecule has 28 heavy (non-hydrogen) atoms. The summed E-state index contributed by atoms with van der Waals surface area (Å²) in [6.45, 7) is 4.74. The van der Waals surface area contributed by atoms with Crippen LogP contribution in [0.25, 0.3) is 0 Å². The predicted octanol–water partition coefficient (Wildman–Crippen LogP) is 2.49. The molecule has 1 aliphatic heterocycles. The molecule has 0 radical (unpaired) electrons. The van der Waals surface area contributed by atoms with E-state index in [2.05, 4.69) is 26.4 Å². The first-order valence-corrected chi connectivity index (χ1v) is 9.92. The number of rotatable bonds is 6. The number of hydrogen-bond donors (Lipinski definition) is 0. The van der Waals surface area contributed by atoms with Gasteiger partial charge >= 0.3 is 0 Å². The van der Waals surface area contributed by atoms with Crippen molar-refractivity contribution in [2.24, 2.45) is 0 Å². The number of pyridine rings is 1. The van der Waals surface area contributed by atoms with E-state index in [1.165, 1.54) is 5.56 Å². The van der Waals surface area contributed by atoms with Crippen molar-refractivity contribution in [3.63, 3.8) is 0 Å². The van der Waals surface area contributed by atoms with E-state index in [0.717, 1.165) is 50.5 Å². The summed E-state index contributed by atoms with van der Waals surface area (Å²) in [5.41, 5.74) is 1.20. The largest absolute Gasteiger partial charge is 0.340 e. The number of aryl methyl sites for hydroxylation is 1. The maximum atomic E-state index is 12.9. The van der Waals surface area contributed by atoms with Gasteiger partial charge in [0.05, 0.1) is 0 Å². The third-order valence-electron chi connectivity index (χ3n) is 5.41.